The van der Waals surface area contributed by atoms with Crippen molar-refractivity contribution in [1.29, 1.82) is 0 Å². The Morgan fingerprint density at radius 3 is 2.78 bits per heavy atom. The average molecular weight is 430 g/mol. The lowest BCUT2D eigenvalue weighted by Crippen LogP contribution is -2.31. The molecule has 162 valence electrons. The predicted octanol–water partition coefficient (Wildman–Crippen LogP) is 3.32. The lowest BCUT2D eigenvalue weighted by Gasteiger charge is -2.19. The van der Waals surface area contributed by atoms with Crippen molar-refractivity contribution in [2.45, 2.75) is 25.9 Å². The molecular weight excluding hydrogens is 407 g/mol. The van der Waals surface area contributed by atoms with E-state index in [0.29, 0.717) is 12.1 Å². The van der Waals surface area contributed by atoms with E-state index in [4.69, 9.17) is 0 Å². The summed E-state index contributed by atoms with van der Waals surface area (Å²) >= 11 is 0. The van der Waals surface area contributed by atoms with Crippen LogP contribution in [0.5, 0.6) is 0 Å². The first kappa shape index (κ1) is 20.3. The summed E-state index contributed by atoms with van der Waals surface area (Å²) in [7, 11) is 0. The molecule has 32 heavy (non-hydrogen) atoms. The smallest absolute Gasteiger partial charge is 0.276 e. The Balaban J connectivity index is 1.42. The molecule has 4 heterocycles. The second-order valence-corrected chi connectivity index (χ2v) is 8.04. The van der Waals surface area contributed by atoms with Gasteiger partial charge in [-0.15, -0.1) is 0 Å². The Labute approximate surface area is 185 Å². The number of carbonyl (C=O) groups excluding carboxylic acids is 1. The van der Waals surface area contributed by atoms with Crippen molar-refractivity contribution in [3.05, 3.63) is 77.6 Å². The number of amides is 1. The van der Waals surface area contributed by atoms with Crippen LogP contribution in [-0.4, -0.2) is 39.6 Å². The lowest BCUT2D eigenvalue weighted by molar-refractivity contribution is -0.110. The molecule has 2 aliphatic rings. The molecule has 2 aliphatic heterocycles. The molecule has 1 aromatic carbocycles. The second kappa shape index (κ2) is 8.84. The molecule has 0 aliphatic carbocycles. The number of pyridine rings is 2. The molecular formula is C24H23FN6O. The van der Waals surface area contributed by atoms with Gasteiger partial charge < -0.3 is 10.7 Å². The molecule has 8 heteroatoms. The number of benzene rings is 1. The van der Waals surface area contributed by atoms with Crippen molar-refractivity contribution >= 4 is 17.3 Å². The van der Waals surface area contributed by atoms with E-state index in [1.807, 2.05) is 30.6 Å². The van der Waals surface area contributed by atoms with Gasteiger partial charge in [-0.25, -0.2) is 4.39 Å². The summed E-state index contributed by atoms with van der Waals surface area (Å²) < 4.78 is 14.0. The number of anilines is 1. The van der Waals surface area contributed by atoms with E-state index in [1.165, 1.54) is 36.9 Å². The fourth-order valence-electron chi connectivity index (χ4n) is 4.15. The highest BCUT2D eigenvalue weighted by Gasteiger charge is 2.23. The molecule has 0 bridgehead atoms. The van der Waals surface area contributed by atoms with Crippen molar-refractivity contribution in [3.63, 3.8) is 0 Å². The highest BCUT2D eigenvalue weighted by atomic mass is 19.1. The van der Waals surface area contributed by atoms with Gasteiger partial charge in [0, 0.05) is 36.3 Å². The number of carbonyl (C=O) groups is 1. The average Bonchev–Trinajstić information content (AvgIpc) is 3.33. The van der Waals surface area contributed by atoms with E-state index in [0.717, 1.165) is 36.3 Å². The summed E-state index contributed by atoms with van der Waals surface area (Å²) in [5.41, 5.74) is 7.87. The fraction of sp³-hybridized carbons (Fsp3) is 0.250. The van der Waals surface area contributed by atoms with Gasteiger partial charge in [0.05, 0.1) is 18.4 Å². The molecule has 1 saturated heterocycles. The molecule has 0 radical (unpaired) electrons. The number of aromatic nitrogens is 2. The first-order chi connectivity index (χ1) is 15.7. The van der Waals surface area contributed by atoms with Gasteiger partial charge in [-0.1, -0.05) is 12.1 Å². The quantitative estimate of drug-likeness (QED) is 0.649. The normalized spacial score (nSPS) is 15.6. The van der Waals surface area contributed by atoms with Crippen molar-refractivity contribution in [2.24, 2.45) is 5.10 Å². The fourth-order valence-corrected chi connectivity index (χ4v) is 4.15. The molecule has 2 aromatic heterocycles. The van der Waals surface area contributed by atoms with Crippen molar-refractivity contribution in [3.8, 4) is 11.1 Å². The summed E-state index contributed by atoms with van der Waals surface area (Å²) in [6.45, 7) is 3.66. The number of fused-ring (bicyclic) bond motifs is 1. The molecule has 5 rings (SSSR count). The third kappa shape index (κ3) is 4.22. The molecule has 1 amide bonds. The summed E-state index contributed by atoms with van der Waals surface area (Å²) in [6.07, 6.45) is 8.85. The number of hydrazone groups is 1. The van der Waals surface area contributed by atoms with E-state index in [1.54, 1.807) is 0 Å². The SMILES string of the molecule is O=C(Nc1cnccc1F)C1=NNCc2ccc(-c3cncc(CN4CCCC4)c3)cc21. The van der Waals surface area contributed by atoms with E-state index in [9.17, 15) is 9.18 Å². The zero-order chi connectivity index (χ0) is 21.9. The van der Waals surface area contributed by atoms with Crippen LogP contribution in [0, 0.1) is 5.82 Å². The maximum Gasteiger partial charge on any atom is 0.276 e. The van der Waals surface area contributed by atoms with Gasteiger partial charge in [0.25, 0.3) is 5.91 Å². The molecule has 2 N–H and O–H groups in total. The lowest BCUT2D eigenvalue weighted by atomic mass is 9.95. The standard InChI is InChI=1S/C24H23FN6O/c25-21-5-6-26-14-22(21)29-24(32)23-20-10-17(3-4-18(20)13-28-30-23)19-9-16(11-27-12-19)15-31-7-1-2-8-31/h3-6,9-12,14,28H,1-2,7-8,13,15H2,(H,29,32). The minimum atomic E-state index is -0.549. The van der Waals surface area contributed by atoms with Gasteiger partial charge >= 0.3 is 0 Å². The Morgan fingerprint density at radius 2 is 1.94 bits per heavy atom. The van der Waals surface area contributed by atoms with E-state index >= 15 is 0 Å². The third-order valence-corrected chi connectivity index (χ3v) is 5.79. The first-order valence-corrected chi connectivity index (χ1v) is 10.7. The Bertz CT molecular complexity index is 1190. The number of nitrogens with zero attached hydrogens (tertiary/aromatic N) is 4. The van der Waals surface area contributed by atoms with Crippen LogP contribution in [-0.2, 0) is 17.9 Å². The van der Waals surface area contributed by atoms with E-state index < -0.39 is 11.7 Å². The monoisotopic (exact) mass is 430 g/mol. The third-order valence-electron chi connectivity index (χ3n) is 5.79. The summed E-state index contributed by atoms with van der Waals surface area (Å²) in [5, 5.41) is 6.77. The van der Waals surface area contributed by atoms with Crippen molar-refractivity contribution in [2.75, 3.05) is 18.4 Å². The zero-order valence-corrected chi connectivity index (χ0v) is 17.5. The molecule has 0 unspecified atom stereocenters. The minimum absolute atomic E-state index is 0.0160. The predicted molar refractivity (Wildman–Crippen MR) is 120 cm³/mol. The van der Waals surface area contributed by atoms with Gasteiger partial charge in [0.1, 0.15) is 5.82 Å². The highest BCUT2D eigenvalue weighted by molar-refractivity contribution is 6.49. The number of halogens is 1. The highest BCUT2D eigenvalue weighted by Crippen LogP contribution is 2.26. The molecule has 7 nitrogen and oxygen atoms in total. The van der Waals surface area contributed by atoms with Gasteiger partial charge in [0.2, 0.25) is 0 Å². The van der Waals surface area contributed by atoms with Crippen molar-refractivity contribution in [1.82, 2.24) is 20.3 Å². The molecule has 1 fully saturated rings. The summed E-state index contributed by atoms with van der Waals surface area (Å²) in [5.74, 6) is -1.05. The number of rotatable bonds is 5. The molecule has 0 atom stereocenters. The molecule has 0 spiro atoms. The van der Waals surface area contributed by atoms with Crippen LogP contribution in [0.15, 0.2) is 60.2 Å². The van der Waals surface area contributed by atoms with Crippen LogP contribution in [0.1, 0.15) is 29.5 Å². The Hall–Kier alpha value is -3.65. The van der Waals surface area contributed by atoms with Crippen LogP contribution >= 0.6 is 0 Å². The van der Waals surface area contributed by atoms with Gasteiger partial charge in [0.15, 0.2) is 5.71 Å². The van der Waals surface area contributed by atoms with Gasteiger partial charge in [-0.05, 0) is 60.8 Å². The van der Waals surface area contributed by atoms with Gasteiger partial charge in [-0.3, -0.25) is 19.7 Å². The largest absolute Gasteiger partial charge is 0.317 e. The number of likely N-dealkylation sites (tertiary alicyclic amines) is 1. The van der Waals surface area contributed by atoms with Crippen LogP contribution in [0.25, 0.3) is 11.1 Å². The topological polar surface area (TPSA) is 82.5 Å². The minimum Gasteiger partial charge on any atom is -0.317 e. The number of nitrogens with one attached hydrogen (secondary N) is 2. The summed E-state index contributed by atoms with van der Waals surface area (Å²) in [4.78, 5) is 23.6. The summed E-state index contributed by atoms with van der Waals surface area (Å²) in [6, 6.07) is 9.31. The van der Waals surface area contributed by atoms with E-state index in [-0.39, 0.29) is 11.4 Å². The second-order valence-electron chi connectivity index (χ2n) is 8.04. The zero-order valence-electron chi connectivity index (χ0n) is 17.5. The van der Waals surface area contributed by atoms with Crippen molar-refractivity contribution < 1.29 is 9.18 Å². The maximum atomic E-state index is 14.0. The van der Waals surface area contributed by atoms with Gasteiger partial charge in [-0.2, -0.15) is 5.10 Å². The Morgan fingerprint density at radius 1 is 1.06 bits per heavy atom. The van der Waals surface area contributed by atoms with Crippen LogP contribution in [0.3, 0.4) is 0 Å². The number of hydrogen-bond acceptors (Lipinski definition) is 6. The number of hydrogen-bond donors (Lipinski definition) is 2. The van der Waals surface area contributed by atoms with E-state index in [2.05, 4.69) is 36.8 Å². The van der Waals surface area contributed by atoms with Crippen LogP contribution in [0.2, 0.25) is 0 Å². The van der Waals surface area contributed by atoms with Crippen LogP contribution in [0.4, 0.5) is 10.1 Å². The molecule has 0 saturated carbocycles. The van der Waals surface area contributed by atoms with Crippen LogP contribution < -0.4 is 10.7 Å². The maximum absolute atomic E-state index is 14.0. The Kier molecular flexibility index (Phi) is 5.60. The molecule has 3 aromatic rings. The first-order valence-electron chi connectivity index (χ1n) is 10.7.